The van der Waals surface area contributed by atoms with Crippen LogP contribution in [0.25, 0.3) is 33.2 Å². The van der Waals surface area contributed by atoms with Crippen molar-refractivity contribution in [3.63, 3.8) is 0 Å². The van der Waals surface area contributed by atoms with E-state index in [1.54, 1.807) is 6.20 Å². The van der Waals surface area contributed by atoms with E-state index in [1.807, 2.05) is 36.4 Å². The number of phenolic OH excluding ortho intramolecular Hbond substituents is 1. The van der Waals surface area contributed by atoms with E-state index in [1.165, 1.54) is 12.1 Å². The monoisotopic (exact) mass is 529 g/mol. The van der Waals surface area contributed by atoms with Crippen LogP contribution in [-0.4, -0.2) is 55.1 Å². The number of phenols is 1. The summed E-state index contributed by atoms with van der Waals surface area (Å²) in [6.07, 6.45) is 3.38. The fraction of sp³-hybridized carbons (Fsp3) is 0.323. The first-order chi connectivity index (χ1) is 19.0. The molecule has 3 atom stereocenters. The lowest BCUT2D eigenvalue weighted by Gasteiger charge is -2.43. The van der Waals surface area contributed by atoms with Gasteiger partial charge in [0.1, 0.15) is 17.4 Å². The molecule has 200 valence electrons. The van der Waals surface area contributed by atoms with Crippen molar-refractivity contribution in [2.24, 2.45) is 0 Å². The fourth-order valence-electron chi connectivity index (χ4n) is 6.12. The van der Waals surface area contributed by atoms with E-state index in [0.29, 0.717) is 36.4 Å². The Labute approximate surface area is 225 Å². The number of nitrogens with zero attached hydrogens (tertiary/aromatic N) is 2. The van der Waals surface area contributed by atoms with Gasteiger partial charge in [0, 0.05) is 66.4 Å². The number of fused-ring (bicyclic) bond motifs is 2. The zero-order chi connectivity index (χ0) is 26.5. The van der Waals surface area contributed by atoms with Gasteiger partial charge >= 0.3 is 0 Å². The molecule has 39 heavy (non-hydrogen) atoms. The fourth-order valence-corrected chi connectivity index (χ4v) is 6.12. The summed E-state index contributed by atoms with van der Waals surface area (Å²) in [6.45, 7) is 3.58. The third-order valence-electron chi connectivity index (χ3n) is 8.15. The Balaban J connectivity index is 1.40. The van der Waals surface area contributed by atoms with E-state index < -0.39 is 11.6 Å². The van der Waals surface area contributed by atoms with Gasteiger partial charge in [-0.05, 0) is 41.8 Å². The van der Waals surface area contributed by atoms with Gasteiger partial charge in [0.2, 0.25) is 0 Å². The Kier molecular flexibility index (Phi) is 6.18. The number of hydrogen-bond donors (Lipinski definition) is 2. The van der Waals surface area contributed by atoms with Crippen LogP contribution in [0.1, 0.15) is 24.5 Å². The number of aromatic hydroxyl groups is 1. The highest BCUT2D eigenvalue weighted by Crippen LogP contribution is 2.43. The Bertz CT molecular complexity index is 1540. The SMILES string of the molecule is Oc1c(-c2ccc3ncc(-c4cc(F)cc(F)c4)c(N4CCC5NCCOC5C4)c3c2)cccc1C1CCO1. The Morgan fingerprint density at radius 3 is 2.56 bits per heavy atom. The molecule has 3 fully saturated rings. The van der Waals surface area contributed by atoms with Crippen LogP contribution in [0.3, 0.4) is 0 Å². The van der Waals surface area contributed by atoms with Crippen molar-refractivity contribution < 1.29 is 23.4 Å². The van der Waals surface area contributed by atoms with Crippen LogP contribution in [0, 0.1) is 11.6 Å². The average Bonchev–Trinajstić information content (AvgIpc) is 2.91. The molecule has 0 saturated carbocycles. The Morgan fingerprint density at radius 1 is 0.923 bits per heavy atom. The van der Waals surface area contributed by atoms with E-state index in [0.717, 1.165) is 59.7 Å². The molecule has 3 aliphatic heterocycles. The molecule has 3 aliphatic rings. The van der Waals surface area contributed by atoms with Crippen LogP contribution in [0.15, 0.2) is 60.8 Å². The molecular weight excluding hydrogens is 500 g/mol. The largest absolute Gasteiger partial charge is 0.507 e. The van der Waals surface area contributed by atoms with Crippen molar-refractivity contribution in [3.8, 4) is 28.0 Å². The number of piperidine rings is 1. The van der Waals surface area contributed by atoms with E-state index in [9.17, 15) is 13.9 Å². The lowest BCUT2D eigenvalue weighted by atomic mass is 9.93. The maximum absolute atomic E-state index is 14.3. The van der Waals surface area contributed by atoms with Crippen molar-refractivity contribution in [1.82, 2.24) is 10.3 Å². The molecule has 1 aromatic heterocycles. The third kappa shape index (κ3) is 4.42. The summed E-state index contributed by atoms with van der Waals surface area (Å²) in [6, 6.07) is 15.5. The summed E-state index contributed by atoms with van der Waals surface area (Å²) < 4.78 is 40.4. The molecule has 8 heteroatoms. The lowest BCUT2D eigenvalue weighted by Crippen LogP contribution is -2.57. The summed E-state index contributed by atoms with van der Waals surface area (Å²) in [5.74, 6) is -1.06. The second-order valence-electron chi connectivity index (χ2n) is 10.5. The van der Waals surface area contributed by atoms with Crippen molar-refractivity contribution in [2.45, 2.75) is 31.1 Å². The number of pyridine rings is 1. The highest BCUT2D eigenvalue weighted by Gasteiger charge is 2.34. The van der Waals surface area contributed by atoms with Crippen LogP contribution in [-0.2, 0) is 9.47 Å². The van der Waals surface area contributed by atoms with Crippen LogP contribution in [0.5, 0.6) is 5.75 Å². The number of halogens is 2. The number of morpholine rings is 1. The molecule has 6 nitrogen and oxygen atoms in total. The summed E-state index contributed by atoms with van der Waals surface area (Å²) >= 11 is 0. The van der Waals surface area contributed by atoms with Crippen LogP contribution in [0.2, 0.25) is 0 Å². The lowest BCUT2D eigenvalue weighted by molar-refractivity contribution is -0.0537. The van der Waals surface area contributed by atoms with E-state index in [-0.39, 0.29) is 24.0 Å². The average molecular weight is 530 g/mol. The van der Waals surface area contributed by atoms with Crippen molar-refractivity contribution in [3.05, 3.63) is 78.0 Å². The van der Waals surface area contributed by atoms with Gasteiger partial charge in [0.25, 0.3) is 0 Å². The molecule has 4 aromatic rings. The molecule has 3 saturated heterocycles. The van der Waals surface area contributed by atoms with Gasteiger partial charge in [-0.25, -0.2) is 8.78 Å². The number of ether oxygens (including phenoxy) is 2. The van der Waals surface area contributed by atoms with Gasteiger partial charge < -0.3 is 24.8 Å². The Morgan fingerprint density at radius 2 is 1.77 bits per heavy atom. The molecule has 0 bridgehead atoms. The van der Waals surface area contributed by atoms with Gasteiger partial charge in [-0.1, -0.05) is 24.3 Å². The summed E-state index contributed by atoms with van der Waals surface area (Å²) in [5.41, 5.74) is 5.02. The molecule has 0 spiro atoms. The topological polar surface area (TPSA) is 66.9 Å². The van der Waals surface area contributed by atoms with Gasteiger partial charge in [-0.3, -0.25) is 4.98 Å². The number of para-hydroxylation sites is 1. The van der Waals surface area contributed by atoms with Gasteiger partial charge in [-0.15, -0.1) is 0 Å². The molecular formula is C31H29F2N3O3. The minimum absolute atomic E-state index is 0.0131. The standard InChI is InChI=1S/C31H29F2N3O3/c32-20-12-19(13-21(33)15-20)25-16-35-26-5-4-18(22-2-1-3-23(31(22)37)28-7-10-38-28)14-24(26)30(25)36-9-6-27-29(17-36)39-11-8-34-27/h1-5,12-16,27-29,34,37H,6-11,17H2. The molecule has 4 heterocycles. The number of rotatable bonds is 4. The van der Waals surface area contributed by atoms with Crippen LogP contribution in [0.4, 0.5) is 14.5 Å². The second kappa shape index (κ2) is 9.86. The summed E-state index contributed by atoms with van der Waals surface area (Å²) in [7, 11) is 0. The number of aromatic nitrogens is 1. The summed E-state index contributed by atoms with van der Waals surface area (Å²) in [4.78, 5) is 6.93. The quantitative estimate of drug-likeness (QED) is 0.360. The number of anilines is 1. The van der Waals surface area contributed by atoms with Crippen molar-refractivity contribution in [1.29, 1.82) is 0 Å². The smallest absolute Gasteiger partial charge is 0.129 e. The number of nitrogens with one attached hydrogen (secondary N) is 1. The van der Waals surface area contributed by atoms with E-state index in [4.69, 9.17) is 9.47 Å². The van der Waals surface area contributed by atoms with Crippen LogP contribution >= 0.6 is 0 Å². The maximum Gasteiger partial charge on any atom is 0.129 e. The zero-order valence-electron chi connectivity index (χ0n) is 21.4. The first kappa shape index (κ1) is 24.5. The highest BCUT2D eigenvalue weighted by molar-refractivity contribution is 6.02. The molecule has 0 radical (unpaired) electrons. The third-order valence-corrected chi connectivity index (χ3v) is 8.15. The number of hydrogen-bond acceptors (Lipinski definition) is 6. The Hall–Kier alpha value is -3.59. The van der Waals surface area contributed by atoms with Crippen molar-refractivity contribution in [2.75, 3.05) is 37.7 Å². The van der Waals surface area contributed by atoms with Crippen molar-refractivity contribution >= 4 is 16.6 Å². The predicted molar refractivity (Wildman–Crippen MR) is 146 cm³/mol. The van der Waals surface area contributed by atoms with Gasteiger partial charge in [0.05, 0.1) is 36.6 Å². The maximum atomic E-state index is 14.3. The first-order valence-corrected chi connectivity index (χ1v) is 13.5. The highest BCUT2D eigenvalue weighted by atomic mass is 19.1. The minimum atomic E-state index is -0.636. The molecule has 3 unspecified atom stereocenters. The molecule has 7 rings (SSSR count). The minimum Gasteiger partial charge on any atom is -0.507 e. The normalized spacial score (nSPS) is 22.9. The van der Waals surface area contributed by atoms with Gasteiger partial charge in [-0.2, -0.15) is 0 Å². The van der Waals surface area contributed by atoms with Crippen LogP contribution < -0.4 is 10.2 Å². The molecule has 3 aromatic carbocycles. The van der Waals surface area contributed by atoms with Gasteiger partial charge in [0.15, 0.2) is 0 Å². The second-order valence-corrected chi connectivity index (χ2v) is 10.5. The molecule has 0 aliphatic carbocycles. The predicted octanol–water partition coefficient (Wildman–Crippen LogP) is 5.58. The zero-order valence-corrected chi connectivity index (χ0v) is 21.4. The summed E-state index contributed by atoms with van der Waals surface area (Å²) in [5, 5.41) is 15.6. The number of benzene rings is 3. The first-order valence-electron chi connectivity index (χ1n) is 13.5. The van der Waals surface area contributed by atoms with E-state index >= 15 is 0 Å². The molecule has 2 N–H and O–H groups in total. The van der Waals surface area contributed by atoms with E-state index in [2.05, 4.69) is 15.2 Å². The molecule has 0 amide bonds.